The van der Waals surface area contributed by atoms with E-state index >= 15 is 0 Å². The Morgan fingerprint density at radius 1 is 1.46 bits per heavy atom. The molecule has 0 amide bonds. The Balaban J connectivity index is 2.91. The summed E-state index contributed by atoms with van der Waals surface area (Å²) in [4.78, 5) is 10.9. The normalized spacial score (nSPS) is 10.5. The zero-order chi connectivity index (χ0) is 9.42. The van der Waals surface area contributed by atoms with Crippen molar-refractivity contribution in [1.82, 2.24) is 0 Å². The molecule has 0 spiro atoms. The molecule has 0 aliphatic carbocycles. The second kappa shape index (κ2) is 3.12. The van der Waals surface area contributed by atoms with Crippen molar-refractivity contribution in [2.75, 3.05) is 0 Å². The summed E-state index contributed by atoms with van der Waals surface area (Å²) in [6, 6.07) is 5.50. The highest BCUT2D eigenvalue weighted by Crippen LogP contribution is 2.39. The van der Waals surface area contributed by atoms with Crippen molar-refractivity contribution in [2.45, 2.75) is 0 Å². The van der Waals surface area contributed by atoms with Crippen molar-refractivity contribution in [3.05, 3.63) is 27.5 Å². The maximum Gasteiger partial charge on any atom is 0.163 e. The van der Waals surface area contributed by atoms with Gasteiger partial charge in [0.25, 0.3) is 0 Å². The summed E-state index contributed by atoms with van der Waals surface area (Å²) in [5.41, 5.74) is 0. The summed E-state index contributed by atoms with van der Waals surface area (Å²) >= 11 is 4.64. The van der Waals surface area contributed by atoms with Crippen LogP contribution < -0.4 is 0 Å². The van der Waals surface area contributed by atoms with E-state index in [0.717, 1.165) is 14.6 Å². The second-order valence-electron chi connectivity index (χ2n) is 2.55. The van der Waals surface area contributed by atoms with Gasteiger partial charge < -0.3 is 5.11 Å². The van der Waals surface area contributed by atoms with Crippen LogP contribution in [0.25, 0.3) is 10.1 Å². The van der Waals surface area contributed by atoms with Gasteiger partial charge in [0, 0.05) is 9.86 Å². The summed E-state index contributed by atoms with van der Waals surface area (Å²) in [6.45, 7) is 0. The first-order chi connectivity index (χ1) is 6.24. The third kappa shape index (κ3) is 1.26. The highest BCUT2D eigenvalue weighted by Gasteiger charge is 2.11. The van der Waals surface area contributed by atoms with E-state index < -0.39 is 0 Å². The lowest BCUT2D eigenvalue weighted by atomic mass is 10.2. The van der Waals surface area contributed by atoms with Gasteiger partial charge in [0.05, 0.1) is 4.70 Å². The van der Waals surface area contributed by atoms with Crippen LogP contribution in [0.1, 0.15) is 9.67 Å². The molecule has 0 unspecified atom stereocenters. The first-order valence-corrected chi connectivity index (χ1v) is 5.20. The third-order valence-electron chi connectivity index (χ3n) is 1.77. The number of carbonyl (C=O) groups excluding carboxylic acids is 1. The molecule has 0 saturated heterocycles. The number of aromatic hydroxyl groups is 1. The summed E-state index contributed by atoms with van der Waals surface area (Å²) in [5, 5.41) is 10.3. The van der Waals surface area contributed by atoms with E-state index in [9.17, 15) is 9.90 Å². The van der Waals surface area contributed by atoms with Gasteiger partial charge in [-0.2, -0.15) is 0 Å². The highest BCUT2D eigenvalue weighted by atomic mass is 79.9. The highest BCUT2D eigenvalue weighted by molar-refractivity contribution is 9.10. The maximum absolute atomic E-state index is 10.5. The van der Waals surface area contributed by atoms with Gasteiger partial charge in [0.2, 0.25) is 0 Å². The van der Waals surface area contributed by atoms with Gasteiger partial charge in [-0.15, -0.1) is 11.3 Å². The molecule has 4 heteroatoms. The van der Waals surface area contributed by atoms with Gasteiger partial charge >= 0.3 is 0 Å². The number of fused-ring (bicyclic) bond motifs is 1. The van der Waals surface area contributed by atoms with Crippen molar-refractivity contribution >= 4 is 43.6 Å². The van der Waals surface area contributed by atoms with Gasteiger partial charge in [-0.1, -0.05) is 6.07 Å². The van der Waals surface area contributed by atoms with E-state index in [0.29, 0.717) is 11.2 Å². The molecule has 2 rings (SSSR count). The Bertz CT molecular complexity index is 476. The minimum atomic E-state index is 0.0799. The molecule has 0 aliphatic rings. The predicted octanol–water partition coefficient (Wildman–Crippen LogP) is 3.18. The van der Waals surface area contributed by atoms with Crippen molar-refractivity contribution in [2.24, 2.45) is 0 Å². The standard InChI is InChI=1S/C9H5BrO2S/c10-6-3-1-2-5-8(12)7(4-11)13-9(5)6/h1-4,12H. The quantitative estimate of drug-likeness (QED) is 0.796. The molecule has 1 heterocycles. The first-order valence-electron chi connectivity index (χ1n) is 3.59. The topological polar surface area (TPSA) is 37.3 Å². The minimum Gasteiger partial charge on any atom is -0.506 e. The Morgan fingerprint density at radius 3 is 2.85 bits per heavy atom. The average molecular weight is 257 g/mol. The molecule has 1 aromatic heterocycles. The fraction of sp³-hybridized carbons (Fsp3) is 0. The zero-order valence-corrected chi connectivity index (χ0v) is 8.85. The van der Waals surface area contributed by atoms with Crippen LogP contribution >= 0.6 is 27.3 Å². The van der Waals surface area contributed by atoms with Gasteiger partial charge in [-0.3, -0.25) is 4.79 Å². The van der Waals surface area contributed by atoms with Gasteiger partial charge in [0.15, 0.2) is 6.29 Å². The van der Waals surface area contributed by atoms with Crippen LogP contribution in [0.3, 0.4) is 0 Å². The zero-order valence-electron chi connectivity index (χ0n) is 6.45. The van der Waals surface area contributed by atoms with Crippen molar-refractivity contribution in [3.63, 3.8) is 0 Å². The number of benzene rings is 1. The molecule has 0 saturated carbocycles. The molecule has 1 N–H and O–H groups in total. The van der Waals surface area contributed by atoms with Crippen molar-refractivity contribution in [3.8, 4) is 5.75 Å². The molecule has 2 aromatic rings. The molecular weight excluding hydrogens is 252 g/mol. The largest absolute Gasteiger partial charge is 0.506 e. The smallest absolute Gasteiger partial charge is 0.163 e. The molecule has 2 nitrogen and oxygen atoms in total. The van der Waals surface area contributed by atoms with Crippen LogP contribution in [0.15, 0.2) is 22.7 Å². The molecule has 13 heavy (non-hydrogen) atoms. The summed E-state index contributed by atoms with van der Waals surface area (Å²) in [5.74, 6) is 0.0799. The lowest BCUT2D eigenvalue weighted by Gasteiger charge is -1.91. The van der Waals surface area contributed by atoms with E-state index in [1.807, 2.05) is 12.1 Å². The molecule has 0 atom stereocenters. The van der Waals surface area contributed by atoms with E-state index in [1.165, 1.54) is 11.3 Å². The fourth-order valence-electron chi connectivity index (χ4n) is 1.17. The molecule has 0 aliphatic heterocycles. The van der Waals surface area contributed by atoms with Gasteiger partial charge in [-0.05, 0) is 28.1 Å². The number of aldehydes is 1. The number of hydrogen-bond acceptors (Lipinski definition) is 3. The van der Waals surface area contributed by atoms with Crippen LogP contribution in [-0.2, 0) is 0 Å². The van der Waals surface area contributed by atoms with Gasteiger partial charge in [-0.25, -0.2) is 0 Å². The predicted molar refractivity (Wildman–Crippen MR) is 56.6 cm³/mol. The summed E-state index contributed by atoms with van der Waals surface area (Å²) < 4.78 is 1.81. The lowest BCUT2D eigenvalue weighted by molar-refractivity contribution is 0.112. The molecule has 0 radical (unpaired) electrons. The maximum atomic E-state index is 10.5. The van der Waals surface area contributed by atoms with Crippen LogP contribution in [0.2, 0.25) is 0 Å². The van der Waals surface area contributed by atoms with E-state index in [-0.39, 0.29) is 5.75 Å². The number of hydrogen-bond donors (Lipinski definition) is 1. The Labute approximate surface area is 86.9 Å². The number of carbonyl (C=O) groups is 1. The van der Waals surface area contributed by atoms with Crippen LogP contribution in [0, 0.1) is 0 Å². The molecule has 66 valence electrons. The minimum absolute atomic E-state index is 0.0799. The van der Waals surface area contributed by atoms with Crippen molar-refractivity contribution in [1.29, 1.82) is 0 Å². The van der Waals surface area contributed by atoms with E-state index in [2.05, 4.69) is 15.9 Å². The average Bonchev–Trinajstić information content (AvgIpc) is 2.45. The Morgan fingerprint density at radius 2 is 2.23 bits per heavy atom. The molecule has 1 aromatic carbocycles. The molecule has 0 fully saturated rings. The number of thiophene rings is 1. The lowest BCUT2D eigenvalue weighted by Crippen LogP contribution is -1.69. The monoisotopic (exact) mass is 256 g/mol. The number of rotatable bonds is 1. The molecular formula is C9H5BrO2S. The third-order valence-corrected chi connectivity index (χ3v) is 3.85. The van der Waals surface area contributed by atoms with Crippen LogP contribution in [0.5, 0.6) is 5.75 Å². The number of halogens is 1. The summed E-state index contributed by atoms with van der Waals surface area (Å²) in [7, 11) is 0. The van der Waals surface area contributed by atoms with Crippen LogP contribution in [-0.4, -0.2) is 11.4 Å². The Hall–Kier alpha value is -0.870. The Kier molecular flexibility index (Phi) is 2.09. The van der Waals surface area contributed by atoms with Crippen molar-refractivity contribution < 1.29 is 9.90 Å². The molecule has 0 bridgehead atoms. The second-order valence-corrected chi connectivity index (χ2v) is 4.46. The first kappa shape index (κ1) is 8.72. The van der Waals surface area contributed by atoms with E-state index in [1.54, 1.807) is 6.07 Å². The van der Waals surface area contributed by atoms with Gasteiger partial charge in [0.1, 0.15) is 10.6 Å². The SMILES string of the molecule is O=Cc1sc2c(Br)cccc2c1O. The van der Waals surface area contributed by atoms with Crippen LogP contribution in [0.4, 0.5) is 0 Å². The summed E-state index contributed by atoms with van der Waals surface area (Å²) in [6.07, 6.45) is 0.673. The fourth-order valence-corrected chi connectivity index (χ4v) is 2.69. The van der Waals surface area contributed by atoms with E-state index in [4.69, 9.17) is 0 Å².